The van der Waals surface area contributed by atoms with E-state index in [2.05, 4.69) is 28.6 Å². The summed E-state index contributed by atoms with van der Waals surface area (Å²) in [4.78, 5) is 45.7. The number of aliphatic hydroxyl groups excluding tert-OH is 2. The molecule has 12 heteroatoms. The van der Waals surface area contributed by atoms with Crippen molar-refractivity contribution in [2.24, 2.45) is 0 Å². The van der Waals surface area contributed by atoms with Gasteiger partial charge in [0.05, 0.1) is 6.10 Å². The minimum Gasteiger partial charge on any atom is -0.495 e. The molecular weight excluding hydrogens is 430 g/mol. The number of carboxylic acids is 2. The van der Waals surface area contributed by atoms with E-state index in [9.17, 15) is 34.5 Å². The standard InChI is InChI=1S/C19H33N3O8S/c1-2-3-4-5-12(23)6-8-15(24)21-13(19(29)30)7-9-16(25)22-14(11-31)18(28)20-10-17(26)27/h8,12-14,21,23-24,31H,2-7,9-11H2,1H3,(H,20,28)(H,22,25)(H,26,27)(H,29,30)/t12?,13-,14-/m0/s1. The number of carbonyl (C=O) groups is 4. The number of aliphatic carboxylic acids is 2. The van der Waals surface area contributed by atoms with Gasteiger partial charge in [-0.05, 0) is 25.3 Å². The largest absolute Gasteiger partial charge is 0.495 e. The van der Waals surface area contributed by atoms with Crippen LogP contribution in [-0.2, 0) is 19.2 Å². The molecule has 2 amide bonds. The van der Waals surface area contributed by atoms with Gasteiger partial charge >= 0.3 is 11.9 Å². The van der Waals surface area contributed by atoms with Crippen LogP contribution in [0.2, 0.25) is 0 Å². The summed E-state index contributed by atoms with van der Waals surface area (Å²) in [6.07, 6.45) is 3.78. The summed E-state index contributed by atoms with van der Waals surface area (Å²) in [6, 6.07) is -2.34. The van der Waals surface area contributed by atoms with Crippen molar-refractivity contribution in [3.05, 3.63) is 12.0 Å². The molecule has 3 atom stereocenters. The summed E-state index contributed by atoms with van der Waals surface area (Å²) < 4.78 is 0. The van der Waals surface area contributed by atoms with Crippen molar-refractivity contribution in [3.63, 3.8) is 0 Å². The molecule has 0 saturated carbocycles. The first kappa shape index (κ1) is 28.5. The topological polar surface area (TPSA) is 185 Å². The van der Waals surface area contributed by atoms with Gasteiger partial charge in [-0.2, -0.15) is 12.6 Å². The Labute approximate surface area is 186 Å². The quantitative estimate of drug-likeness (QED) is 0.0844. The van der Waals surface area contributed by atoms with Crippen LogP contribution in [0.15, 0.2) is 12.0 Å². The first-order valence-electron chi connectivity index (χ1n) is 10.1. The van der Waals surface area contributed by atoms with E-state index >= 15 is 0 Å². The SMILES string of the molecule is CCCCCC(O)CC=C(O)N[C@@H](CCC(=O)N[C@@H](CS)C(=O)NCC(=O)O)C(=O)O. The molecule has 0 spiro atoms. The van der Waals surface area contributed by atoms with Gasteiger partial charge in [0.2, 0.25) is 11.8 Å². The Morgan fingerprint density at radius 2 is 1.68 bits per heavy atom. The lowest BCUT2D eigenvalue weighted by Gasteiger charge is -2.18. The second-order valence-electron chi connectivity index (χ2n) is 6.96. The molecule has 31 heavy (non-hydrogen) atoms. The molecule has 0 radical (unpaired) electrons. The minimum atomic E-state index is -1.29. The number of hydrogen-bond donors (Lipinski definition) is 8. The predicted molar refractivity (Wildman–Crippen MR) is 116 cm³/mol. The molecule has 0 aromatic heterocycles. The van der Waals surface area contributed by atoms with Crippen LogP contribution in [0.5, 0.6) is 0 Å². The van der Waals surface area contributed by atoms with Crippen LogP contribution in [0.4, 0.5) is 0 Å². The highest BCUT2D eigenvalue weighted by molar-refractivity contribution is 7.80. The lowest BCUT2D eigenvalue weighted by molar-refractivity contribution is -0.140. The summed E-state index contributed by atoms with van der Waals surface area (Å²) in [7, 11) is 0. The number of nitrogens with one attached hydrogen (secondary N) is 3. The fourth-order valence-electron chi connectivity index (χ4n) is 2.51. The van der Waals surface area contributed by atoms with Crippen molar-refractivity contribution in [1.82, 2.24) is 16.0 Å². The Morgan fingerprint density at radius 1 is 1.00 bits per heavy atom. The molecule has 178 valence electrons. The van der Waals surface area contributed by atoms with E-state index in [0.29, 0.717) is 6.42 Å². The van der Waals surface area contributed by atoms with Gasteiger partial charge in [-0.15, -0.1) is 0 Å². The average Bonchev–Trinajstić information content (AvgIpc) is 2.71. The molecule has 0 saturated heterocycles. The van der Waals surface area contributed by atoms with Gasteiger partial charge in [0, 0.05) is 12.2 Å². The van der Waals surface area contributed by atoms with Crippen molar-refractivity contribution < 1.29 is 39.6 Å². The molecule has 0 rings (SSSR count). The second-order valence-corrected chi connectivity index (χ2v) is 7.33. The smallest absolute Gasteiger partial charge is 0.326 e. The Hall–Kier alpha value is -2.47. The molecule has 11 nitrogen and oxygen atoms in total. The summed E-state index contributed by atoms with van der Waals surface area (Å²) in [5, 5.41) is 44.4. The van der Waals surface area contributed by atoms with E-state index in [1.807, 2.05) is 6.92 Å². The zero-order valence-corrected chi connectivity index (χ0v) is 18.4. The number of carboxylic acid groups (broad SMARTS) is 2. The molecule has 0 aromatic carbocycles. The summed E-state index contributed by atoms with van der Waals surface area (Å²) in [5.74, 6) is -4.38. The third-order valence-electron chi connectivity index (χ3n) is 4.25. The van der Waals surface area contributed by atoms with Crippen molar-refractivity contribution in [1.29, 1.82) is 0 Å². The minimum absolute atomic E-state index is 0.0814. The number of amides is 2. The van der Waals surface area contributed by atoms with Gasteiger partial charge in [0.25, 0.3) is 0 Å². The molecule has 0 heterocycles. The number of aliphatic hydroxyl groups is 2. The molecule has 1 unspecified atom stereocenters. The molecule has 0 aliphatic heterocycles. The van der Waals surface area contributed by atoms with Crippen molar-refractivity contribution >= 4 is 36.4 Å². The first-order chi connectivity index (χ1) is 14.6. The highest BCUT2D eigenvalue weighted by atomic mass is 32.1. The maximum atomic E-state index is 12.0. The highest BCUT2D eigenvalue weighted by Crippen LogP contribution is 2.08. The molecule has 0 bridgehead atoms. The number of thiol groups is 1. The van der Waals surface area contributed by atoms with Crippen LogP contribution in [0.25, 0.3) is 0 Å². The van der Waals surface area contributed by atoms with Crippen LogP contribution >= 0.6 is 12.6 Å². The van der Waals surface area contributed by atoms with Crippen molar-refractivity contribution in [3.8, 4) is 0 Å². The molecular formula is C19H33N3O8S. The average molecular weight is 464 g/mol. The Bertz CT molecular complexity index is 629. The van der Waals surface area contributed by atoms with E-state index in [1.54, 1.807) is 0 Å². The molecule has 0 aromatic rings. The Kier molecular flexibility index (Phi) is 15.0. The van der Waals surface area contributed by atoms with E-state index in [4.69, 9.17) is 5.11 Å². The van der Waals surface area contributed by atoms with Gasteiger partial charge in [0.15, 0.2) is 5.88 Å². The fraction of sp³-hybridized carbons (Fsp3) is 0.684. The lowest BCUT2D eigenvalue weighted by atomic mass is 10.1. The summed E-state index contributed by atoms with van der Waals surface area (Å²) in [5.41, 5.74) is 0. The molecule has 0 aliphatic carbocycles. The predicted octanol–water partition coefficient (Wildman–Crippen LogP) is 0.156. The number of unbranched alkanes of at least 4 members (excludes halogenated alkanes) is 2. The zero-order valence-electron chi connectivity index (χ0n) is 17.5. The summed E-state index contributed by atoms with van der Waals surface area (Å²) in [6.45, 7) is 1.43. The third kappa shape index (κ3) is 14.2. The van der Waals surface area contributed by atoms with Crippen molar-refractivity contribution in [2.75, 3.05) is 12.3 Å². The Balaban J connectivity index is 4.58. The highest BCUT2D eigenvalue weighted by Gasteiger charge is 2.23. The summed E-state index contributed by atoms with van der Waals surface area (Å²) >= 11 is 3.94. The zero-order chi connectivity index (χ0) is 23.8. The number of carbonyl (C=O) groups excluding carboxylic acids is 2. The molecule has 7 N–H and O–H groups in total. The van der Waals surface area contributed by atoms with E-state index in [-0.39, 0.29) is 25.0 Å². The van der Waals surface area contributed by atoms with E-state index in [1.165, 1.54) is 6.08 Å². The van der Waals surface area contributed by atoms with Crippen LogP contribution in [-0.4, -0.2) is 74.7 Å². The van der Waals surface area contributed by atoms with E-state index in [0.717, 1.165) is 19.3 Å². The third-order valence-corrected chi connectivity index (χ3v) is 4.62. The van der Waals surface area contributed by atoms with Crippen molar-refractivity contribution in [2.45, 2.75) is 70.1 Å². The number of hydrogen-bond acceptors (Lipinski definition) is 8. The molecule has 0 aliphatic rings. The fourth-order valence-corrected chi connectivity index (χ4v) is 2.77. The van der Waals surface area contributed by atoms with Crippen LogP contribution in [0.1, 0.15) is 51.9 Å². The van der Waals surface area contributed by atoms with Gasteiger partial charge in [-0.3, -0.25) is 14.4 Å². The van der Waals surface area contributed by atoms with E-state index < -0.39 is 54.4 Å². The van der Waals surface area contributed by atoms with Gasteiger partial charge in [0.1, 0.15) is 18.6 Å². The van der Waals surface area contributed by atoms with Crippen LogP contribution < -0.4 is 16.0 Å². The maximum absolute atomic E-state index is 12.0. The van der Waals surface area contributed by atoms with Gasteiger partial charge in [-0.1, -0.05) is 26.2 Å². The normalized spacial score (nSPS) is 14.2. The number of rotatable bonds is 17. The monoisotopic (exact) mass is 463 g/mol. The Morgan fingerprint density at radius 3 is 2.23 bits per heavy atom. The van der Waals surface area contributed by atoms with Gasteiger partial charge in [-0.25, -0.2) is 4.79 Å². The molecule has 0 fully saturated rings. The van der Waals surface area contributed by atoms with Gasteiger partial charge < -0.3 is 36.4 Å². The first-order valence-corrected chi connectivity index (χ1v) is 10.7. The van der Waals surface area contributed by atoms with Crippen LogP contribution in [0, 0.1) is 0 Å². The van der Waals surface area contributed by atoms with Crippen LogP contribution in [0.3, 0.4) is 0 Å². The lowest BCUT2D eigenvalue weighted by Crippen LogP contribution is -2.49. The maximum Gasteiger partial charge on any atom is 0.326 e. The second kappa shape index (κ2) is 16.3.